The molecule has 0 fully saturated rings. The minimum absolute atomic E-state index is 0.231. The van der Waals surface area contributed by atoms with Gasteiger partial charge in [0.15, 0.2) is 5.78 Å². The Labute approximate surface area is 76.3 Å². The molecular weight excluding hydrogens is 168 g/mol. The van der Waals surface area contributed by atoms with Gasteiger partial charge in [-0.2, -0.15) is 0 Å². The van der Waals surface area contributed by atoms with Gasteiger partial charge in [0.1, 0.15) is 5.75 Å². The van der Waals surface area contributed by atoms with Crippen molar-refractivity contribution in [2.24, 2.45) is 0 Å². The number of carbonyl (C=O) groups is 1. The Kier molecular flexibility index (Phi) is 3.09. The molecule has 1 aromatic carbocycles. The molecule has 0 radical (unpaired) electrons. The number of hydrogen-bond acceptors (Lipinski definition) is 3. The van der Waals surface area contributed by atoms with Gasteiger partial charge >= 0.3 is 0 Å². The topological polar surface area (TPSA) is 46.5 Å². The maximum absolute atomic E-state index is 11.2. The van der Waals surface area contributed by atoms with Gasteiger partial charge in [-0.1, -0.05) is 0 Å². The summed E-state index contributed by atoms with van der Waals surface area (Å²) in [5, 5.41) is 8.37. The molecule has 3 heteroatoms. The molecule has 0 aliphatic rings. The molecule has 0 aliphatic heterocycles. The first-order valence-corrected chi connectivity index (χ1v) is 3.77. The van der Waals surface area contributed by atoms with Crippen LogP contribution in [0.5, 0.6) is 5.75 Å². The molecule has 0 amide bonds. The van der Waals surface area contributed by atoms with Crippen LogP contribution in [-0.2, 0) is 0 Å². The first-order chi connectivity index (χ1) is 6.27. The van der Waals surface area contributed by atoms with Crippen LogP contribution in [0.15, 0.2) is 36.6 Å². The summed E-state index contributed by atoms with van der Waals surface area (Å²) in [5.74, 6) is 0.467. The zero-order chi connectivity index (χ0) is 9.68. The number of methoxy groups -OCH3 is 1. The van der Waals surface area contributed by atoms with Gasteiger partial charge < -0.3 is 9.84 Å². The van der Waals surface area contributed by atoms with Gasteiger partial charge in [0, 0.05) is 11.6 Å². The summed E-state index contributed by atoms with van der Waals surface area (Å²) in [7, 11) is 1.56. The van der Waals surface area contributed by atoms with Crippen LogP contribution < -0.4 is 4.74 Å². The van der Waals surface area contributed by atoms with Crippen molar-refractivity contribution in [2.45, 2.75) is 0 Å². The zero-order valence-corrected chi connectivity index (χ0v) is 7.23. The third kappa shape index (κ3) is 2.33. The van der Waals surface area contributed by atoms with Gasteiger partial charge in [-0.3, -0.25) is 4.79 Å². The highest BCUT2D eigenvalue weighted by molar-refractivity contribution is 6.04. The Bertz CT molecular complexity index is 311. The number of carbonyl (C=O) groups excluding carboxylic acids is 1. The van der Waals surface area contributed by atoms with Gasteiger partial charge in [0.25, 0.3) is 0 Å². The Morgan fingerprint density at radius 1 is 1.38 bits per heavy atom. The van der Waals surface area contributed by atoms with Gasteiger partial charge in [0.2, 0.25) is 0 Å². The predicted molar refractivity (Wildman–Crippen MR) is 49.1 cm³/mol. The van der Waals surface area contributed by atoms with Crippen molar-refractivity contribution < 1.29 is 14.6 Å². The van der Waals surface area contributed by atoms with E-state index in [1.165, 1.54) is 0 Å². The van der Waals surface area contributed by atoms with Crippen molar-refractivity contribution in [1.29, 1.82) is 0 Å². The summed E-state index contributed by atoms with van der Waals surface area (Å²) < 4.78 is 4.93. The first-order valence-electron chi connectivity index (χ1n) is 3.77. The highest BCUT2D eigenvalue weighted by atomic mass is 16.5. The third-order valence-corrected chi connectivity index (χ3v) is 1.60. The molecule has 0 aliphatic carbocycles. The SMILES string of the molecule is COc1ccc(C(=O)/C=C\O)cc1. The van der Waals surface area contributed by atoms with E-state index in [1.54, 1.807) is 31.4 Å². The van der Waals surface area contributed by atoms with Crippen molar-refractivity contribution in [3.8, 4) is 5.75 Å². The maximum Gasteiger partial charge on any atom is 0.188 e. The third-order valence-electron chi connectivity index (χ3n) is 1.60. The molecule has 1 aromatic rings. The number of allylic oxidation sites excluding steroid dienone is 1. The first kappa shape index (κ1) is 9.32. The van der Waals surface area contributed by atoms with E-state index in [9.17, 15) is 4.79 Å². The average molecular weight is 178 g/mol. The van der Waals surface area contributed by atoms with Gasteiger partial charge in [-0.25, -0.2) is 0 Å². The van der Waals surface area contributed by atoms with E-state index in [4.69, 9.17) is 9.84 Å². The summed E-state index contributed by atoms with van der Waals surface area (Å²) in [5.41, 5.74) is 0.520. The number of benzene rings is 1. The van der Waals surface area contributed by atoms with E-state index < -0.39 is 0 Å². The highest BCUT2D eigenvalue weighted by Crippen LogP contribution is 2.11. The summed E-state index contributed by atoms with van der Waals surface area (Å²) in [6.07, 6.45) is 1.83. The predicted octanol–water partition coefficient (Wildman–Crippen LogP) is 1.95. The summed E-state index contributed by atoms with van der Waals surface area (Å²) in [4.78, 5) is 11.2. The Morgan fingerprint density at radius 3 is 2.46 bits per heavy atom. The fourth-order valence-electron chi connectivity index (χ4n) is 0.919. The monoisotopic (exact) mass is 178 g/mol. The minimum Gasteiger partial charge on any atom is -0.515 e. The summed E-state index contributed by atoms with van der Waals surface area (Å²) in [6.45, 7) is 0. The van der Waals surface area contributed by atoms with Crippen molar-refractivity contribution in [3.05, 3.63) is 42.2 Å². The van der Waals surface area contributed by atoms with Gasteiger partial charge in [0.05, 0.1) is 13.4 Å². The van der Waals surface area contributed by atoms with Crippen LogP contribution in [0, 0.1) is 0 Å². The molecule has 0 bridgehead atoms. The number of hydrogen-bond donors (Lipinski definition) is 1. The largest absolute Gasteiger partial charge is 0.515 e. The molecule has 0 spiro atoms. The number of aliphatic hydroxyl groups excluding tert-OH is 1. The second kappa shape index (κ2) is 4.30. The lowest BCUT2D eigenvalue weighted by atomic mass is 10.1. The second-order valence-electron chi connectivity index (χ2n) is 2.41. The molecule has 0 heterocycles. The smallest absolute Gasteiger partial charge is 0.188 e. The normalized spacial score (nSPS) is 10.2. The van der Waals surface area contributed by atoms with Crippen molar-refractivity contribution in [1.82, 2.24) is 0 Å². The Morgan fingerprint density at radius 2 is 2.00 bits per heavy atom. The molecule has 68 valence electrons. The molecule has 0 saturated heterocycles. The van der Waals surface area contributed by atoms with E-state index in [-0.39, 0.29) is 5.78 Å². The lowest BCUT2D eigenvalue weighted by Crippen LogP contribution is -1.93. The van der Waals surface area contributed by atoms with Crippen LogP contribution in [0.2, 0.25) is 0 Å². The second-order valence-corrected chi connectivity index (χ2v) is 2.41. The Hall–Kier alpha value is -1.77. The van der Waals surface area contributed by atoms with Gasteiger partial charge in [-0.05, 0) is 24.3 Å². The maximum atomic E-state index is 11.2. The van der Waals surface area contributed by atoms with Crippen LogP contribution >= 0.6 is 0 Å². The van der Waals surface area contributed by atoms with E-state index in [2.05, 4.69) is 0 Å². The fourth-order valence-corrected chi connectivity index (χ4v) is 0.919. The average Bonchev–Trinajstić information content (AvgIpc) is 2.18. The highest BCUT2D eigenvalue weighted by Gasteiger charge is 2.00. The minimum atomic E-state index is -0.231. The number of rotatable bonds is 3. The van der Waals surface area contributed by atoms with Crippen LogP contribution in [-0.4, -0.2) is 18.0 Å². The molecule has 13 heavy (non-hydrogen) atoms. The van der Waals surface area contributed by atoms with Crippen LogP contribution in [0.1, 0.15) is 10.4 Å². The van der Waals surface area contributed by atoms with Gasteiger partial charge in [-0.15, -0.1) is 0 Å². The van der Waals surface area contributed by atoms with E-state index in [0.717, 1.165) is 12.3 Å². The quantitative estimate of drug-likeness (QED) is 0.437. The molecule has 0 unspecified atom stereocenters. The molecule has 0 aromatic heterocycles. The van der Waals surface area contributed by atoms with E-state index in [0.29, 0.717) is 11.3 Å². The van der Waals surface area contributed by atoms with Crippen molar-refractivity contribution in [2.75, 3.05) is 7.11 Å². The van der Waals surface area contributed by atoms with Crippen LogP contribution in [0.4, 0.5) is 0 Å². The lowest BCUT2D eigenvalue weighted by molar-refractivity contribution is 0.104. The van der Waals surface area contributed by atoms with E-state index >= 15 is 0 Å². The van der Waals surface area contributed by atoms with Crippen molar-refractivity contribution >= 4 is 5.78 Å². The standard InChI is InChI=1S/C10H10O3/c1-13-9-4-2-8(3-5-9)10(12)6-7-11/h2-7,11H,1H3/b7-6-. The summed E-state index contributed by atoms with van der Waals surface area (Å²) >= 11 is 0. The summed E-state index contributed by atoms with van der Waals surface area (Å²) in [6, 6.07) is 6.67. The van der Waals surface area contributed by atoms with Crippen LogP contribution in [0.25, 0.3) is 0 Å². The lowest BCUT2D eigenvalue weighted by Gasteiger charge is -1.99. The molecule has 3 nitrogen and oxygen atoms in total. The van der Waals surface area contributed by atoms with Crippen molar-refractivity contribution in [3.63, 3.8) is 0 Å². The van der Waals surface area contributed by atoms with E-state index in [1.807, 2.05) is 0 Å². The van der Waals surface area contributed by atoms with Crippen LogP contribution in [0.3, 0.4) is 0 Å². The molecule has 0 atom stereocenters. The Balaban J connectivity index is 2.85. The zero-order valence-electron chi connectivity index (χ0n) is 7.23. The number of aliphatic hydroxyl groups is 1. The fraction of sp³-hybridized carbons (Fsp3) is 0.100. The molecule has 0 saturated carbocycles. The molecule has 1 rings (SSSR count). The number of ketones is 1. The number of ether oxygens (including phenoxy) is 1. The molecular formula is C10H10O3. The molecule has 1 N–H and O–H groups in total.